The molecule has 0 aliphatic carbocycles. The molecule has 3 amide bonds. The highest BCUT2D eigenvalue weighted by atomic mass is 16.5. The Bertz CT molecular complexity index is 1760. The number of nitrogens with zero attached hydrogens (tertiary/aromatic N) is 3. The van der Waals surface area contributed by atoms with Crippen LogP contribution in [0.5, 0.6) is 0 Å². The van der Waals surface area contributed by atoms with Crippen molar-refractivity contribution in [2.75, 3.05) is 24.6 Å². The summed E-state index contributed by atoms with van der Waals surface area (Å²) in [4.78, 5) is 49.7. The summed E-state index contributed by atoms with van der Waals surface area (Å²) in [5.41, 5.74) is 2.09. The first kappa shape index (κ1) is 31.1. The number of hydrogen-bond donors (Lipinski definition) is 1. The Morgan fingerprint density at radius 3 is 2.21 bits per heavy atom. The number of anilines is 1. The van der Waals surface area contributed by atoms with E-state index in [2.05, 4.69) is 0 Å². The largest absolute Gasteiger partial charge is 0.394 e. The standard InChI is InChI=1S/C39H41N3O5/c1-26-16-17-27(2)31(22-26)41-21-11-19-39-33(36(45)42(34(39)37(41)46)30(25-43)23-28-12-6-4-7-13-28)32-35(44)40(20-10-18-38(32,3)47-39)24-29-14-8-5-9-15-29/h4-19,22,30,32-34,43H,20-21,23-25H2,1-3H3/t30-,32-,33+,34?,38+,39+/m1/s1. The van der Waals surface area contributed by atoms with Gasteiger partial charge in [0.25, 0.3) is 5.91 Å². The van der Waals surface area contributed by atoms with Gasteiger partial charge in [-0.15, -0.1) is 0 Å². The molecule has 4 aliphatic heterocycles. The molecule has 47 heavy (non-hydrogen) atoms. The van der Waals surface area contributed by atoms with Gasteiger partial charge in [0, 0.05) is 25.3 Å². The second-order valence-corrected chi connectivity index (χ2v) is 13.5. The van der Waals surface area contributed by atoms with Gasteiger partial charge in [-0.25, -0.2) is 0 Å². The summed E-state index contributed by atoms with van der Waals surface area (Å²) < 4.78 is 7.04. The number of rotatable bonds is 7. The zero-order chi connectivity index (χ0) is 32.9. The van der Waals surface area contributed by atoms with E-state index in [1.807, 2.05) is 124 Å². The molecule has 4 heterocycles. The van der Waals surface area contributed by atoms with Crippen molar-refractivity contribution in [2.45, 2.75) is 57.0 Å². The van der Waals surface area contributed by atoms with Crippen LogP contribution in [0.15, 0.2) is 103 Å². The van der Waals surface area contributed by atoms with Crippen molar-refractivity contribution in [1.29, 1.82) is 0 Å². The van der Waals surface area contributed by atoms with E-state index in [1.165, 1.54) is 0 Å². The summed E-state index contributed by atoms with van der Waals surface area (Å²) in [5.74, 6) is -2.65. The van der Waals surface area contributed by atoms with Crippen LogP contribution in [0.25, 0.3) is 0 Å². The summed E-state index contributed by atoms with van der Waals surface area (Å²) in [7, 11) is 0. The predicted molar refractivity (Wildman–Crippen MR) is 179 cm³/mol. The van der Waals surface area contributed by atoms with Crippen LogP contribution in [0, 0.1) is 25.7 Å². The minimum atomic E-state index is -1.42. The number of aliphatic hydroxyl groups is 1. The van der Waals surface area contributed by atoms with E-state index >= 15 is 9.59 Å². The molecule has 0 saturated carbocycles. The zero-order valence-electron chi connectivity index (χ0n) is 27.1. The number of amides is 3. The minimum absolute atomic E-state index is 0.183. The molecule has 3 aromatic rings. The number of likely N-dealkylation sites (tertiary alicyclic amines) is 1. The molecule has 0 aromatic heterocycles. The van der Waals surface area contributed by atoms with E-state index in [1.54, 1.807) is 14.7 Å². The van der Waals surface area contributed by atoms with Gasteiger partial charge in [-0.3, -0.25) is 14.4 Å². The Balaban J connectivity index is 1.35. The number of ether oxygens (including phenoxy) is 1. The van der Waals surface area contributed by atoms with Crippen LogP contribution in [0.2, 0.25) is 0 Å². The molecule has 4 aliphatic rings. The fourth-order valence-electron chi connectivity index (χ4n) is 8.21. The topological polar surface area (TPSA) is 90.4 Å². The predicted octanol–water partition coefficient (Wildman–Crippen LogP) is 4.38. The van der Waals surface area contributed by atoms with Crippen molar-refractivity contribution in [2.24, 2.45) is 11.8 Å². The molecule has 2 fully saturated rings. The van der Waals surface area contributed by atoms with Gasteiger partial charge in [0.1, 0.15) is 11.6 Å². The first-order valence-electron chi connectivity index (χ1n) is 16.4. The van der Waals surface area contributed by atoms with Gasteiger partial charge in [0.05, 0.1) is 30.1 Å². The van der Waals surface area contributed by atoms with Gasteiger partial charge < -0.3 is 24.5 Å². The molecule has 7 rings (SSSR count). The number of carbonyl (C=O) groups is 3. The fraction of sp³-hybridized carbons (Fsp3) is 0.359. The molecule has 1 N–H and O–H groups in total. The van der Waals surface area contributed by atoms with E-state index in [4.69, 9.17) is 4.74 Å². The maximum absolute atomic E-state index is 15.0. The molecule has 1 unspecified atom stereocenters. The Hall–Kier alpha value is -4.53. The highest BCUT2D eigenvalue weighted by molar-refractivity contribution is 6.06. The molecule has 8 nitrogen and oxygen atoms in total. The summed E-state index contributed by atoms with van der Waals surface area (Å²) in [6, 6.07) is 23.6. The lowest BCUT2D eigenvalue weighted by atomic mass is 9.74. The number of benzene rings is 3. The summed E-state index contributed by atoms with van der Waals surface area (Å²) in [5, 5.41) is 10.9. The van der Waals surface area contributed by atoms with Crippen molar-refractivity contribution in [3.63, 3.8) is 0 Å². The van der Waals surface area contributed by atoms with Gasteiger partial charge in [0.2, 0.25) is 11.8 Å². The van der Waals surface area contributed by atoms with Crippen molar-refractivity contribution >= 4 is 23.4 Å². The monoisotopic (exact) mass is 631 g/mol. The number of aryl methyl sites for hydroxylation is 2. The van der Waals surface area contributed by atoms with Crippen molar-refractivity contribution in [1.82, 2.24) is 9.80 Å². The molecule has 8 heteroatoms. The molecule has 242 valence electrons. The first-order valence-corrected chi connectivity index (χ1v) is 16.4. The normalized spacial score (nSPS) is 29.0. The zero-order valence-corrected chi connectivity index (χ0v) is 27.1. The van der Waals surface area contributed by atoms with Crippen molar-refractivity contribution < 1.29 is 24.2 Å². The third-order valence-corrected chi connectivity index (χ3v) is 10.4. The molecule has 1 spiro atoms. The molecule has 6 atom stereocenters. The van der Waals surface area contributed by atoms with Crippen LogP contribution < -0.4 is 4.90 Å². The van der Waals surface area contributed by atoms with Crippen molar-refractivity contribution in [3.8, 4) is 0 Å². The molecule has 0 radical (unpaired) electrons. The third-order valence-electron chi connectivity index (χ3n) is 10.4. The Labute approximate surface area is 275 Å². The number of hydrogen-bond acceptors (Lipinski definition) is 5. The third kappa shape index (κ3) is 5.11. The summed E-state index contributed by atoms with van der Waals surface area (Å²) in [6.07, 6.45) is 7.95. The molecular formula is C39H41N3O5. The highest BCUT2D eigenvalue weighted by Crippen LogP contribution is 2.58. The van der Waals surface area contributed by atoms with Crippen LogP contribution in [0.1, 0.15) is 29.2 Å². The molecule has 2 saturated heterocycles. The van der Waals surface area contributed by atoms with E-state index in [9.17, 15) is 9.90 Å². The lowest BCUT2D eigenvalue weighted by Gasteiger charge is -2.40. The summed E-state index contributed by atoms with van der Waals surface area (Å²) in [6.45, 7) is 6.52. The maximum atomic E-state index is 15.0. The van der Waals surface area contributed by atoms with E-state index in [0.29, 0.717) is 19.5 Å². The van der Waals surface area contributed by atoms with Gasteiger partial charge >= 0.3 is 0 Å². The van der Waals surface area contributed by atoms with E-state index in [-0.39, 0.29) is 30.9 Å². The molecular weight excluding hydrogens is 590 g/mol. The first-order chi connectivity index (χ1) is 22.7. The van der Waals surface area contributed by atoms with Gasteiger partial charge in [0.15, 0.2) is 0 Å². The van der Waals surface area contributed by atoms with E-state index in [0.717, 1.165) is 27.9 Å². The number of fused-ring (bicyclic) bond motifs is 2. The average Bonchev–Trinajstić information content (AvgIpc) is 3.35. The Morgan fingerprint density at radius 2 is 1.51 bits per heavy atom. The lowest BCUT2D eigenvalue weighted by molar-refractivity contribution is -0.151. The van der Waals surface area contributed by atoms with Crippen LogP contribution in [0.4, 0.5) is 5.69 Å². The SMILES string of the molecule is Cc1ccc(C)c(N2CC=C[C@]34O[C@@]5(C)C=CCN(Cc6ccccc6)C(=O)[C@H]5[C@H]3C(=O)N([C@@H](CO)Cc3ccccc3)C4C2=O)c1. The fourth-order valence-corrected chi connectivity index (χ4v) is 8.21. The second-order valence-electron chi connectivity index (χ2n) is 13.5. The maximum Gasteiger partial charge on any atom is 0.253 e. The summed E-state index contributed by atoms with van der Waals surface area (Å²) >= 11 is 0. The number of aliphatic hydroxyl groups excluding tert-OH is 1. The van der Waals surface area contributed by atoms with Crippen LogP contribution in [0.3, 0.4) is 0 Å². The number of carbonyl (C=O) groups excluding carboxylic acids is 3. The smallest absolute Gasteiger partial charge is 0.253 e. The van der Waals surface area contributed by atoms with Crippen molar-refractivity contribution in [3.05, 3.63) is 125 Å². The average molecular weight is 632 g/mol. The van der Waals surface area contributed by atoms with Crippen LogP contribution in [-0.2, 0) is 32.1 Å². The highest BCUT2D eigenvalue weighted by Gasteiger charge is 2.75. The van der Waals surface area contributed by atoms with Gasteiger partial charge in [-0.05, 0) is 55.5 Å². The second kappa shape index (κ2) is 11.9. The van der Waals surface area contributed by atoms with Crippen LogP contribution >= 0.6 is 0 Å². The quantitative estimate of drug-likeness (QED) is 0.391. The van der Waals surface area contributed by atoms with Gasteiger partial charge in [-0.2, -0.15) is 0 Å². The molecule has 0 bridgehead atoms. The Kier molecular flexibility index (Phi) is 7.89. The Morgan fingerprint density at radius 1 is 0.830 bits per heavy atom. The minimum Gasteiger partial charge on any atom is -0.394 e. The molecule has 3 aromatic carbocycles. The van der Waals surface area contributed by atoms with Crippen LogP contribution in [-0.4, -0.2) is 75.6 Å². The van der Waals surface area contributed by atoms with Gasteiger partial charge in [-0.1, -0.05) is 97.1 Å². The lowest BCUT2D eigenvalue weighted by Crippen LogP contribution is -2.59. The van der Waals surface area contributed by atoms with E-state index < -0.39 is 35.1 Å².